The van der Waals surface area contributed by atoms with Gasteiger partial charge in [0.05, 0.1) is 5.01 Å². The van der Waals surface area contributed by atoms with Gasteiger partial charge in [0, 0.05) is 49.2 Å². The van der Waals surface area contributed by atoms with Crippen molar-refractivity contribution in [1.29, 1.82) is 0 Å². The van der Waals surface area contributed by atoms with Gasteiger partial charge < -0.3 is 5.32 Å². The molecule has 3 nitrogen and oxygen atoms in total. The molecule has 1 saturated carbocycles. The molecule has 2 heterocycles. The molecule has 0 aromatic carbocycles. The Balaban J connectivity index is 1.59. The summed E-state index contributed by atoms with van der Waals surface area (Å²) in [5, 5.41) is 4.85. The van der Waals surface area contributed by atoms with Crippen LogP contribution in [0.3, 0.4) is 0 Å². The van der Waals surface area contributed by atoms with Crippen molar-refractivity contribution in [2.45, 2.75) is 38.3 Å². The van der Waals surface area contributed by atoms with Gasteiger partial charge in [-0.1, -0.05) is 0 Å². The summed E-state index contributed by atoms with van der Waals surface area (Å²) in [6, 6.07) is 0.629. The largest absolute Gasteiger partial charge is 0.312 e. The van der Waals surface area contributed by atoms with Crippen LogP contribution in [0, 0.1) is 0 Å². The average Bonchev–Trinajstić information content (AvgIpc) is 3.01. The van der Waals surface area contributed by atoms with Gasteiger partial charge >= 0.3 is 0 Å². The van der Waals surface area contributed by atoms with Crippen molar-refractivity contribution < 1.29 is 0 Å². The molecule has 0 spiro atoms. The Labute approximate surface area is 101 Å². The summed E-state index contributed by atoms with van der Waals surface area (Å²) in [7, 11) is 0. The molecule has 0 radical (unpaired) electrons. The van der Waals surface area contributed by atoms with Crippen molar-refractivity contribution in [1.82, 2.24) is 15.2 Å². The Morgan fingerprint density at radius 1 is 1.56 bits per heavy atom. The summed E-state index contributed by atoms with van der Waals surface area (Å²) in [4.78, 5) is 8.51. The highest BCUT2D eigenvalue weighted by atomic mass is 32.1. The quantitative estimate of drug-likeness (QED) is 0.869. The van der Waals surface area contributed by atoms with Crippen LogP contribution >= 0.6 is 11.3 Å². The Hall–Kier alpha value is -0.450. The molecule has 0 bridgehead atoms. The lowest BCUT2D eigenvalue weighted by molar-refractivity contribution is 0.201. The molecule has 0 unspecified atom stereocenters. The van der Waals surface area contributed by atoms with Gasteiger partial charge in [-0.05, 0) is 19.8 Å². The van der Waals surface area contributed by atoms with Gasteiger partial charge in [0.25, 0.3) is 0 Å². The third kappa shape index (κ3) is 2.44. The predicted octanol–water partition coefficient (Wildman–Crippen LogP) is 1.81. The van der Waals surface area contributed by atoms with Crippen LogP contribution in [0.4, 0.5) is 0 Å². The van der Waals surface area contributed by atoms with Crippen LogP contribution in [0.25, 0.3) is 0 Å². The van der Waals surface area contributed by atoms with E-state index in [1.165, 1.54) is 29.3 Å². The van der Waals surface area contributed by atoms with Gasteiger partial charge in [0.15, 0.2) is 0 Å². The number of hydrogen-bond donors (Lipinski definition) is 1. The summed E-state index contributed by atoms with van der Waals surface area (Å²) >= 11 is 1.93. The minimum Gasteiger partial charge on any atom is -0.312 e. The van der Waals surface area contributed by atoms with E-state index in [1.807, 2.05) is 11.3 Å². The number of aromatic nitrogens is 1. The SMILES string of the molecule is C[C@H]1CN(Cc2cnc(C3CC3)s2)CCN1. The molecule has 1 aromatic heterocycles. The number of piperazine rings is 1. The first kappa shape index (κ1) is 10.7. The summed E-state index contributed by atoms with van der Waals surface area (Å²) < 4.78 is 0. The lowest BCUT2D eigenvalue weighted by Crippen LogP contribution is -2.48. The van der Waals surface area contributed by atoms with Crippen LogP contribution in [-0.4, -0.2) is 35.6 Å². The van der Waals surface area contributed by atoms with E-state index in [2.05, 4.69) is 28.3 Å². The topological polar surface area (TPSA) is 28.2 Å². The van der Waals surface area contributed by atoms with Crippen molar-refractivity contribution in [2.24, 2.45) is 0 Å². The van der Waals surface area contributed by atoms with Gasteiger partial charge in [-0.3, -0.25) is 4.90 Å². The van der Waals surface area contributed by atoms with Gasteiger partial charge in [-0.2, -0.15) is 0 Å². The smallest absolute Gasteiger partial charge is 0.0959 e. The standard InChI is InChI=1S/C12H19N3S/c1-9-7-15(5-4-13-9)8-11-6-14-12(16-11)10-2-3-10/h6,9-10,13H,2-5,7-8H2,1H3/t9-/m0/s1. The molecule has 88 valence electrons. The molecule has 0 amide bonds. The molecule has 4 heteroatoms. The van der Waals surface area contributed by atoms with Crippen LogP contribution in [0.1, 0.15) is 35.6 Å². The van der Waals surface area contributed by atoms with Crippen molar-refractivity contribution in [3.8, 4) is 0 Å². The summed E-state index contributed by atoms with van der Waals surface area (Å²) in [6.07, 6.45) is 4.81. The Morgan fingerprint density at radius 3 is 3.19 bits per heavy atom. The van der Waals surface area contributed by atoms with E-state index in [1.54, 1.807) is 0 Å². The van der Waals surface area contributed by atoms with Crippen molar-refractivity contribution in [3.05, 3.63) is 16.1 Å². The second-order valence-corrected chi connectivity index (χ2v) is 6.18. The third-order valence-corrected chi connectivity index (χ3v) is 4.47. The molecule has 1 aliphatic heterocycles. The lowest BCUT2D eigenvalue weighted by Gasteiger charge is -2.31. The van der Waals surface area contributed by atoms with Crippen molar-refractivity contribution in [2.75, 3.05) is 19.6 Å². The molecular formula is C12H19N3S. The van der Waals surface area contributed by atoms with Crippen LogP contribution in [0.2, 0.25) is 0 Å². The van der Waals surface area contributed by atoms with Crippen molar-refractivity contribution in [3.63, 3.8) is 0 Å². The average molecular weight is 237 g/mol. The number of nitrogens with one attached hydrogen (secondary N) is 1. The van der Waals surface area contributed by atoms with E-state index < -0.39 is 0 Å². The lowest BCUT2D eigenvalue weighted by atomic mass is 10.2. The monoisotopic (exact) mass is 237 g/mol. The van der Waals surface area contributed by atoms with Gasteiger partial charge in [-0.25, -0.2) is 4.98 Å². The van der Waals surface area contributed by atoms with E-state index >= 15 is 0 Å². The fourth-order valence-corrected chi connectivity index (χ4v) is 3.42. The third-order valence-electron chi connectivity index (χ3n) is 3.33. The molecule has 1 saturated heterocycles. The maximum atomic E-state index is 4.54. The first-order valence-electron chi connectivity index (χ1n) is 6.21. The number of thiazole rings is 1. The highest BCUT2D eigenvalue weighted by Gasteiger charge is 2.27. The van der Waals surface area contributed by atoms with Crippen LogP contribution < -0.4 is 5.32 Å². The fraction of sp³-hybridized carbons (Fsp3) is 0.750. The zero-order chi connectivity index (χ0) is 11.0. The zero-order valence-corrected chi connectivity index (χ0v) is 10.6. The molecule has 2 aliphatic rings. The van der Waals surface area contributed by atoms with E-state index in [4.69, 9.17) is 0 Å². The minimum absolute atomic E-state index is 0.629. The van der Waals surface area contributed by atoms with Crippen molar-refractivity contribution >= 4 is 11.3 Å². The molecule has 3 rings (SSSR count). The Morgan fingerprint density at radius 2 is 2.44 bits per heavy atom. The fourth-order valence-electron chi connectivity index (χ4n) is 2.29. The first-order valence-corrected chi connectivity index (χ1v) is 7.03. The van der Waals surface area contributed by atoms with E-state index in [9.17, 15) is 0 Å². The molecular weight excluding hydrogens is 218 g/mol. The molecule has 1 N–H and O–H groups in total. The van der Waals surface area contributed by atoms with E-state index in [0.717, 1.165) is 25.6 Å². The number of rotatable bonds is 3. The minimum atomic E-state index is 0.629. The second kappa shape index (κ2) is 4.43. The maximum Gasteiger partial charge on any atom is 0.0959 e. The highest BCUT2D eigenvalue weighted by Crippen LogP contribution is 2.41. The predicted molar refractivity (Wildman–Crippen MR) is 66.8 cm³/mol. The summed E-state index contributed by atoms with van der Waals surface area (Å²) in [5.74, 6) is 0.806. The highest BCUT2D eigenvalue weighted by molar-refractivity contribution is 7.11. The molecule has 1 atom stereocenters. The van der Waals surface area contributed by atoms with Gasteiger partial charge in [-0.15, -0.1) is 11.3 Å². The van der Waals surface area contributed by atoms with Gasteiger partial charge in [0.1, 0.15) is 0 Å². The Kier molecular flexibility index (Phi) is 2.96. The molecule has 1 aromatic rings. The summed E-state index contributed by atoms with van der Waals surface area (Å²) in [5.41, 5.74) is 0. The van der Waals surface area contributed by atoms with Crippen LogP contribution in [0.5, 0.6) is 0 Å². The second-order valence-electron chi connectivity index (χ2n) is 5.03. The first-order chi connectivity index (χ1) is 7.81. The zero-order valence-electron chi connectivity index (χ0n) is 9.78. The maximum absolute atomic E-state index is 4.54. The molecule has 16 heavy (non-hydrogen) atoms. The van der Waals surface area contributed by atoms with Crippen LogP contribution in [0.15, 0.2) is 6.20 Å². The van der Waals surface area contributed by atoms with Gasteiger partial charge in [0.2, 0.25) is 0 Å². The van der Waals surface area contributed by atoms with E-state index in [-0.39, 0.29) is 0 Å². The number of hydrogen-bond acceptors (Lipinski definition) is 4. The summed E-state index contributed by atoms with van der Waals surface area (Å²) in [6.45, 7) is 6.80. The number of nitrogens with zero attached hydrogens (tertiary/aromatic N) is 2. The van der Waals surface area contributed by atoms with Crippen LogP contribution in [-0.2, 0) is 6.54 Å². The molecule has 2 fully saturated rings. The normalized spacial score (nSPS) is 27.2. The molecule has 1 aliphatic carbocycles. The van der Waals surface area contributed by atoms with E-state index in [0.29, 0.717) is 6.04 Å². The Bertz CT molecular complexity index is 359.